The number of nitrogens with one attached hydrogen (secondary N) is 1. The highest BCUT2D eigenvalue weighted by Gasteiger charge is 2.11. The van der Waals surface area contributed by atoms with Gasteiger partial charge in [-0.3, -0.25) is 4.79 Å². The second kappa shape index (κ2) is 8.52. The summed E-state index contributed by atoms with van der Waals surface area (Å²) >= 11 is 0. The van der Waals surface area contributed by atoms with Crippen molar-refractivity contribution in [3.8, 4) is 0 Å². The molecule has 21 heavy (non-hydrogen) atoms. The molecular weight excluding hydrogens is 266 g/mol. The van der Waals surface area contributed by atoms with Gasteiger partial charge in [0.25, 0.3) is 0 Å². The Morgan fingerprint density at radius 2 is 2.10 bits per heavy atom. The van der Waals surface area contributed by atoms with E-state index in [1.165, 1.54) is 0 Å². The number of carbonyl (C=O) groups is 1. The first-order chi connectivity index (χ1) is 9.92. The summed E-state index contributed by atoms with van der Waals surface area (Å²) in [5, 5.41) is 2.69. The van der Waals surface area contributed by atoms with Gasteiger partial charge in [-0.15, -0.1) is 0 Å². The Hall–Kier alpha value is -1.75. The first-order valence-corrected chi connectivity index (χ1v) is 7.34. The van der Waals surface area contributed by atoms with Gasteiger partial charge in [0.15, 0.2) is 0 Å². The lowest BCUT2D eigenvalue weighted by Gasteiger charge is -2.26. The minimum absolute atomic E-state index is 0.110. The summed E-state index contributed by atoms with van der Waals surface area (Å²) < 4.78 is 5.74. The summed E-state index contributed by atoms with van der Waals surface area (Å²) in [5.41, 5.74) is 7.54. The monoisotopic (exact) mass is 293 g/mol. The molecule has 0 bridgehead atoms. The minimum atomic E-state index is -0.110. The van der Waals surface area contributed by atoms with Crippen molar-refractivity contribution < 1.29 is 9.53 Å². The maximum absolute atomic E-state index is 10.4. The zero-order valence-corrected chi connectivity index (χ0v) is 13.3. The summed E-state index contributed by atoms with van der Waals surface area (Å²) in [5.74, 6) is 0. The maximum atomic E-state index is 10.4. The second-order valence-corrected chi connectivity index (χ2v) is 5.97. The maximum Gasteiger partial charge on any atom is 0.207 e. The number of anilines is 2. The normalized spacial score (nSPS) is 11.2. The number of benzene rings is 1. The van der Waals surface area contributed by atoms with Crippen LogP contribution in [0.4, 0.5) is 11.4 Å². The molecule has 0 fully saturated rings. The lowest BCUT2D eigenvalue weighted by molar-refractivity contribution is -0.109. The highest BCUT2D eigenvalue weighted by atomic mass is 16.5. The van der Waals surface area contributed by atoms with Crippen LogP contribution in [0.25, 0.3) is 0 Å². The summed E-state index contributed by atoms with van der Waals surface area (Å²) in [6.07, 6.45) is 1.65. The van der Waals surface area contributed by atoms with E-state index in [1.54, 1.807) is 0 Å². The van der Waals surface area contributed by atoms with Crippen molar-refractivity contribution in [1.82, 2.24) is 5.32 Å². The molecule has 0 saturated heterocycles. The predicted molar refractivity (Wildman–Crippen MR) is 87.5 cm³/mol. The molecule has 0 aliphatic heterocycles. The lowest BCUT2D eigenvalue weighted by Crippen LogP contribution is -2.33. The van der Waals surface area contributed by atoms with Gasteiger partial charge in [-0.1, -0.05) is 6.07 Å². The number of rotatable bonds is 9. The number of nitrogens with zero attached hydrogens (tertiary/aromatic N) is 1. The summed E-state index contributed by atoms with van der Waals surface area (Å²) in [4.78, 5) is 12.6. The first kappa shape index (κ1) is 17.3. The van der Waals surface area contributed by atoms with Crippen LogP contribution in [0.15, 0.2) is 24.3 Å². The average molecular weight is 293 g/mol. The number of amides is 1. The van der Waals surface area contributed by atoms with Crippen LogP contribution < -0.4 is 16.0 Å². The predicted octanol–water partition coefficient (Wildman–Crippen LogP) is 2.03. The fourth-order valence-electron chi connectivity index (χ4n) is 1.98. The summed E-state index contributed by atoms with van der Waals surface area (Å²) in [6, 6.07) is 7.79. The number of nitrogen functional groups attached to an aromatic ring is 1. The van der Waals surface area contributed by atoms with E-state index in [4.69, 9.17) is 10.5 Å². The van der Waals surface area contributed by atoms with Crippen molar-refractivity contribution in [1.29, 1.82) is 0 Å². The van der Waals surface area contributed by atoms with Gasteiger partial charge in [0.1, 0.15) is 0 Å². The molecule has 0 aliphatic rings. The topological polar surface area (TPSA) is 67.6 Å². The van der Waals surface area contributed by atoms with Crippen LogP contribution in [0.2, 0.25) is 0 Å². The Morgan fingerprint density at radius 3 is 2.71 bits per heavy atom. The lowest BCUT2D eigenvalue weighted by atomic mass is 10.2. The molecule has 0 saturated carbocycles. The number of hydrogen-bond acceptors (Lipinski definition) is 4. The third kappa shape index (κ3) is 7.56. The molecule has 1 rings (SSSR count). The molecule has 1 aromatic rings. The Labute approximate surface area is 127 Å². The minimum Gasteiger partial charge on any atom is -0.399 e. The highest BCUT2D eigenvalue weighted by Crippen LogP contribution is 2.17. The van der Waals surface area contributed by atoms with Gasteiger partial charge in [0, 0.05) is 37.6 Å². The first-order valence-electron chi connectivity index (χ1n) is 7.34. The van der Waals surface area contributed by atoms with E-state index in [0.29, 0.717) is 13.2 Å². The third-order valence-electron chi connectivity index (χ3n) is 2.95. The van der Waals surface area contributed by atoms with Gasteiger partial charge >= 0.3 is 0 Å². The SMILES string of the molecule is CC(C)(C)OCCCN(CCNC=O)c1cccc(N)c1. The Morgan fingerprint density at radius 1 is 1.33 bits per heavy atom. The molecule has 3 N–H and O–H groups in total. The van der Waals surface area contributed by atoms with E-state index >= 15 is 0 Å². The summed E-state index contributed by atoms with van der Waals surface area (Å²) in [7, 11) is 0. The van der Waals surface area contributed by atoms with Crippen LogP contribution in [0.3, 0.4) is 0 Å². The Bertz CT molecular complexity index is 430. The van der Waals surface area contributed by atoms with Crippen molar-refractivity contribution in [2.75, 3.05) is 36.9 Å². The number of ether oxygens (including phenoxy) is 1. The van der Waals surface area contributed by atoms with Crippen molar-refractivity contribution in [2.24, 2.45) is 0 Å². The summed E-state index contributed by atoms with van der Waals surface area (Å²) in [6.45, 7) is 9.09. The standard InChI is InChI=1S/C16H27N3O2/c1-16(2,3)21-11-5-9-19(10-8-18-13-20)15-7-4-6-14(17)12-15/h4,6-7,12-13H,5,8-11,17H2,1-3H3,(H,18,20). The largest absolute Gasteiger partial charge is 0.399 e. The number of nitrogens with two attached hydrogens (primary N) is 1. The van der Waals surface area contributed by atoms with Gasteiger partial charge in [0.05, 0.1) is 5.60 Å². The van der Waals surface area contributed by atoms with E-state index < -0.39 is 0 Å². The van der Waals surface area contributed by atoms with Crippen LogP contribution >= 0.6 is 0 Å². The molecule has 0 aromatic heterocycles. The second-order valence-electron chi connectivity index (χ2n) is 5.97. The van der Waals surface area contributed by atoms with E-state index in [-0.39, 0.29) is 5.60 Å². The van der Waals surface area contributed by atoms with Crippen LogP contribution in [0, 0.1) is 0 Å². The van der Waals surface area contributed by atoms with Gasteiger partial charge in [-0.05, 0) is 45.4 Å². The smallest absolute Gasteiger partial charge is 0.207 e. The zero-order valence-electron chi connectivity index (χ0n) is 13.3. The van der Waals surface area contributed by atoms with Crippen molar-refractivity contribution in [3.63, 3.8) is 0 Å². The Kier molecular flexibility index (Phi) is 7.02. The molecule has 0 unspecified atom stereocenters. The van der Waals surface area contributed by atoms with Crippen LogP contribution in [0.5, 0.6) is 0 Å². The quantitative estimate of drug-likeness (QED) is 0.415. The van der Waals surface area contributed by atoms with Crippen molar-refractivity contribution in [2.45, 2.75) is 32.8 Å². The third-order valence-corrected chi connectivity index (χ3v) is 2.95. The molecule has 0 radical (unpaired) electrons. The fourth-order valence-corrected chi connectivity index (χ4v) is 1.98. The molecule has 0 heterocycles. The van der Waals surface area contributed by atoms with E-state index in [2.05, 4.69) is 31.0 Å². The molecule has 1 aromatic carbocycles. The molecule has 0 atom stereocenters. The molecular formula is C16H27N3O2. The van der Waals surface area contributed by atoms with Crippen LogP contribution in [-0.4, -0.2) is 38.3 Å². The van der Waals surface area contributed by atoms with Crippen LogP contribution in [-0.2, 0) is 9.53 Å². The van der Waals surface area contributed by atoms with Crippen molar-refractivity contribution >= 4 is 17.8 Å². The van der Waals surface area contributed by atoms with Gasteiger partial charge < -0.3 is 20.7 Å². The molecule has 0 spiro atoms. The highest BCUT2D eigenvalue weighted by molar-refractivity contribution is 5.56. The Balaban J connectivity index is 2.54. The molecule has 5 nitrogen and oxygen atoms in total. The molecule has 5 heteroatoms. The number of carbonyl (C=O) groups excluding carboxylic acids is 1. The van der Waals surface area contributed by atoms with E-state index in [0.717, 1.165) is 37.3 Å². The van der Waals surface area contributed by atoms with Crippen LogP contribution in [0.1, 0.15) is 27.2 Å². The molecule has 0 aliphatic carbocycles. The van der Waals surface area contributed by atoms with Gasteiger partial charge in [-0.25, -0.2) is 0 Å². The fraction of sp³-hybridized carbons (Fsp3) is 0.562. The average Bonchev–Trinajstić information content (AvgIpc) is 2.40. The molecule has 1 amide bonds. The van der Waals surface area contributed by atoms with E-state index in [1.807, 2.05) is 24.3 Å². The van der Waals surface area contributed by atoms with E-state index in [9.17, 15) is 4.79 Å². The zero-order chi connectivity index (χ0) is 15.7. The van der Waals surface area contributed by atoms with Gasteiger partial charge in [-0.2, -0.15) is 0 Å². The van der Waals surface area contributed by atoms with Gasteiger partial charge in [0.2, 0.25) is 6.41 Å². The number of hydrogen-bond donors (Lipinski definition) is 2. The van der Waals surface area contributed by atoms with Crippen molar-refractivity contribution in [3.05, 3.63) is 24.3 Å². The molecule has 118 valence electrons.